The summed E-state index contributed by atoms with van der Waals surface area (Å²) in [5.74, 6) is -1.09. The molecule has 0 bridgehead atoms. The molecule has 0 saturated heterocycles. The summed E-state index contributed by atoms with van der Waals surface area (Å²) in [4.78, 5) is 25.0. The van der Waals surface area contributed by atoms with E-state index in [1.807, 2.05) is 26.0 Å². The molecule has 2 N–H and O–H groups in total. The van der Waals surface area contributed by atoms with Crippen LogP contribution in [0, 0.1) is 5.92 Å². The van der Waals surface area contributed by atoms with Crippen LogP contribution in [0.3, 0.4) is 0 Å². The average Bonchev–Trinajstić information content (AvgIpc) is 2.45. The summed E-state index contributed by atoms with van der Waals surface area (Å²) in [7, 11) is 0. The van der Waals surface area contributed by atoms with E-state index in [-0.39, 0.29) is 24.4 Å². The number of amides is 1. The molecular formula is C16H22N2O3. The first-order chi connectivity index (χ1) is 9.99. The third-order valence-corrected chi connectivity index (χ3v) is 3.87. The van der Waals surface area contributed by atoms with Crippen molar-refractivity contribution in [2.45, 2.75) is 32.9 Å². The second kappa shape index (κ2) is 6.72. The molecule has 0 aliphatic carbocycles. The van der Waals surface area contributed by atoms with Gasteiger partial charge < -0.3 is 10.4 Å². The maximum Gasteiger partial charge on any atom is 0.322 e. The Hall–Kier alpha value is -1.88. The number of benzene rings is 1. The number of nitrogens with one attached hydrogen (secondary N) is 1. The Morgan fingerprint density at radius 3 is 2.57 bits per heavy atom. The lowest BCUT2D eigenvalue weighted by molar-refractivity contribution is -0.139. The van der Waals surface area contributed by atoms with E-state index in [0.29, 0.717) is 0 Å². The molecule has 114 valence electrons. The molecule has 1 unspecified atom stereocenters. The van der Waals surface area contributed by atoms with Crippen LogP contribution < -0.4 is 5.32 Å². The summed E-state index contributed by atoms with van der Waals surface area (Å²) in [6.45, 7) is 5.21. The second-order valence-electron chi connectivity index (χ2n) is 5.79. The molecule has 1 aromatic rings. The predicted octanol–water partition coefficient (Wildman–Crippen LogP) is 1.27. The van der Waals surface area contributed by atoms with Crippen molar-refractivity contribution in [3.05, 3.63) is 35.4 Å². The lowest BCUT2D eigenvalue weighted by atomic mass is 9.94. The Bertz CT molecular complexity index is 528. The number of carbonyl (C=O) groups excluding carboxylic acids is 1. The minimum absolute atomic E-state index is 0.129. The van der Waals surface area contributed by atoms with Gasteiger partial charge >= 0.3 is 5.97 Å². The van der Waals surface area contributed by atoms with Crippen LogP contribution in [0.2, 0.25) is 0 Å². The van der Waals surface area contributed by atoms with E-state index in [0.717, 1.165) is 19.5 Å². The van der Waals surface area contributed by atoms with Crippen molar-refractivity contribution in [1.82, 2.24) is 10.2 Å². The number of carbonyl (C=O) groups is 2. The van der Waals surface area contributed by atoms with E-state index in [9.17, 15) is 9.59 Å². The molecule has 1 aliphatic rings. The Balaban J connectivity index is 2.09. The fourth-order valence-electron chi connectivity index (χ4n) is 2.91. The van der Waals surface area contributed by atoms with Crippen LogP contribution in [0.5, 0.6) is 0 Å². The third kappa shape index (κ3) is 3.82. The van der Waals surface area contributed by atoms with E-state index >= 15 is 0 Å². The molecule has 0 spiro atoms. The van der Waals surface area contributed by atoms with E-state index in [4.69, 9.17) is 5.11 Å². The van der Waals surface area contributed by atoms with Gasteiger partial charge in [-0.25, -0.2) is 0 Å². The number of hydrogen-bond acceptors (Lipinski definition) is 3. The molecule has 0 saturated carbocycles. The zero-order valence-electron chi connectivity index (χ0n) is 12.5. The van der Waals surface area contributed by atoms with Crippen LogP contribution in [-0.2, 0) is 22.6 Å². The summed E-state index contributed by atoms with van der Waals surface area (Å²) in [5, 5.41) is 11.2. The first-order valence-electron chi connectivity index (χ1n) is 7.29. The summed E-state index contributed by atoms with van der Waals surface area (Å²) < 4.78 is 0. The quantitative estimate of drug-likeness (QED) is 0.857. The number of carboxylic acid groups (broad SMARTS) is 1. The molecule has 1 atom stereocenters. The highest BCUT2D eigenvalue weighted by Crippen LogP contribution is 2.23. The van der Waals surface area contributed by atoms with Crippen LogP contribution in [0.4, 0.5) is 0 Å². The second-order valence-corrected chi connectivity index (χ2v) is 5.79. The van der Waals surface area contributed by atoms with Crippen molar-refractivity contribution in [1.29, 1.82) is 0 Å². The number of aliphatic carboxylic acids is 1. The van der Waals surface area contributed by atoms with Gasteiger partial charge in [-0.2, -0.15) is 0 Å². The minimum atomic E-state index is -1.02. The van der Waals surface area contributed by atoms with Gasteiger partial charge in [0.2, 0.25) is 5.91 Å². The molecule has 5 heteroatoms. The molecule has 1 aromatic carbocycles. The number of nitrogens with zero attached hydrogens (tertiary/aromatic N) is 1. The number of carboxylic acids is 1. The Morgan fingerprint density at radius 2 is 1.95 bits per heavy atom. The highest BCUT2D eigenvalue weighted by atomic mass is 16.4. The smallest absolute Gasteiger partial charge is 0.322 e. The molecule has 21 heavy (non-hydrogen) atoms. The standard InChI is InChI=1S/C16H22N2O3/c1-11(2)15(16(21)17-9-14(19)20)18-8-7-12-5-3-4-6-13(12)10-18/h3-6,11,15H,7-10H2,1-2H3,(H,17,21)(H,19,20). The first kappa shape index (κ1) is 15.5. The van der Waals surface area contributed by atoms with Crippen molar-refractivity contribution in [2.24, 2.45) is 5.92 Å². The van der Waals surface area contributed by atoms with Crippen LogP contribution in [-0.4, -0.2) is 41.0 Å². The Labute approximate surface area is 125 Å². The highest BCUT2D eigenvalue weighted by Gasteiger charge is 2.31. The van der Waals surface area contributed by atoms with Gasteiger partial charge in [0.15, 0.2) is 0 Å². The average molecular weight is 290 g/mol. The zero-order chi connectivity index (χ0) is 15.4. The maximum absolute atomic E-state index is 12.3. The SMILES string of the molecule is CC(C)C(C(=O)NCC(=O)O)N1CCc2ccccc2C1. The lowest BCUT2D eigenvalue weighted by Gasteiger charge is -2.36. The van der Waals surface area contributed by atoms with E-state index in [1.54, 1.807) is 0 Å². The molecular weight excluding hydrogens is 268 g/mol. The van der Waals surface area contributed by atoms with Crippen molar-refractivity contribution in [2.75, 3.05) is 13.1 Å². The van der Waals surface area contributed by atoms with E-state index in [2.05, 4.69) is 22.3 Å². The first-order valence-corrected chi connectivity index (χ1v) is 7.29. The maximum atomic E-state index is 12.3. The molecule has 2 rings (SSSR count). The monoisotopic (exact) mass is 290 g/mol. The summed E-state index contributed by atoms with van der Waals surface area (Å²) in [6, 6.07) is 7.97. The van der Waals surface area contributed by atoms with Crippen LogP contribution in [0.1, 0.15) is 25.0 Å². The molecule has 1 amide bonds. The predicted molar refractivity (Wildman–Crippen MR) is 79.8 cm³/mol. The van der Waals surface area contributed by atoms with Crippen LogP contribution in [0.15, 0.2) is 24.3 Å². The number of fused-ring (bicyclic) bond motifs is 1. The van der Waals surface area contributed by atoms with Gasteiger partial charge in [0.05, 0.1) is 6.04 Å². The molecule has 1 aliphatic heterocycles. The summed E-state index contributed by atoms with van der Waals surface area (Å²) >= 11 is 0. The molecule has 0 radical (unpaired) electrons. The Kier molecular flexibility index (Phi) is 4.96. The number of hydrogen-bond donors (Lipinski definition) is 2. The summed E-state index contributed by atoms with van der Waals surface area (Å²) in [6.07, 6.45) is 0.922. The summed E-state index contributed by atoms with van der Waals surface area (Å²) in [5.41, 5.74) is 2.59. The topological polar surface area (TPSA) is 69.6 Å². The largest absolute Gasteiger partial charge is 0.480 e. The Morgan fingerprint density at radius 1 is 1.29 bits per heavy atom. The van der Waals surface area contributed by atoms with Crippen LogP contribution in [0.25, 0.3) is 0 Å². The lowest BCUT2D eigenvalue weighted by Crippen LogP contribution is -2.52. The minimum Gasteiger partial charge on any atom is -0.480 e. The van der Waals surface area contributed by atoms with Crippen molar-refractivity contribution in [3.8, 4) is 0 Å². The van der Waals surface area contributed by atoms with Gasteiger partial charge in [-0.15, -0.1) is 0 Å². The fraction of sp³-hybridized carbons (Fsp3) is 0.500. The van der Waals surface area contributed by atoms with Gasteiger partial charge in [-0.05, 0) is 23.5 Å². The third-order valence-electron chi connectivity index (χ3n) is 3.87. The fourth-order valence-corrected chi connectivity index (χ4v) is 2.91. The normalized spacial score (nSPS) is 16.3. The van der Waals surface area contributed by atoms with Crippen LogP contribution >= 0.6 is 0 Å². The van der Waals surface area contributed by atoms with E-state index in [1.165, 1.54) is 11.1 Å². The van der Waals surface area contributed by atoms with E-state index < -0.39 is 5.97 Å². The van der Waals surface area contributed by atoms with Gasteiger partial charge in [0.25, 0.3) is 0 Å². The highest BCUT2D eigenvalue weighted by molar-refractivity contribution is 5.85. The molecule has 0 fully saturated rings. The van der Waals surface area contributed by atoms with Crippen molar-refractivity contribution in [3.63, 3.8) is 0 Å². The van der Waals surface area contributed by atoms with Gasteiger partial charge in [0.1, 0.15) is 6.54 Å². The van der Waals surface area contributed by atoms with Crippen molar-refractivity contribution >= 4 is 11.9 Å². The van der Waals surface area contributed by atoms with Crippen molar-refractivity contribution < 1.29 is 14.7 Å². The molecule has 0 aromatic heterocycles. The molecule has 5 nitrogen and oxygen atoms in total. The van der Waals surface area contributed by atoms with Gasteiger partial charge in [-0.1, -0.05) is 38.1 Å². The van der Waals surface area contributed by atoms with Gasteiger partial charge in [-0.3, -0.25) is 14.5 Å². The van der Waals surface area contributed by atoms with Gasteiger partial charge in [0, 0.05) is 13.1 Å². The zero-order valence-corrected chi connectivity index (χ0v) is 12.5. The molecule has 1 heterocycles. The number of rotatable bonds is 5.